The molecule has 1 fully saturated rings. The maximum atomic E-state index is 12.0. The summed E-state index contributed by atoms with van der Waals surface area (Å²) in [4.78, 5) is 13.8. The number of morpholine rings is 1. The van der Waals surface area contributed by atoms with Crippen LogP contribution in [0.15, 0.2) is 0 Å². The highest BCUT2D eigenvalue weighted by Crippen LogP contribution is 2.14. The van der Waals surface area contributed by atoms with Crippen LogP contribution in [0.2, 0.25) is 0 Å². The second-order valence-electron chi connectivity index (χ2n) is 4.81. The minimum atomic E-state index is -0.250. The van der Waals surface area contributed by atoms with Crippen LogP contribution in [0, 0.1) is 5.92 Å². The lowest BCUT2D eigenvalue weighted by molar-refractivity contribution is -0.148. The molecular weight excluding hydrogens is 222 g/mol. The summed E-state index contributed by atoms with van der Waals surface area (Å²) in [5.74, 6) is 0.335. The molecule has 100 valence electrons. The molecule has 1 saturated heterocycles. The van der Waals surface area contributed by atoms with Gasteiger partial charge in [-0.05, 0) is 12.8 Å². The van der Waals surface area contributed by atoms with Crippen molar-refractivity contribution in [3.63, 3.8) is 0 Å². The summed E-state index contributed by atoms with van der Waals surface area (Å²) in [6.45, 7) is 5.56. The minimum absolute atomic E-state index is 0.0115. The number of amides is 1. The summed E-state index contributed by atoms with van der Waals surface area (Å²) in [7, 11) is 1.64. The summed E-state index contributed by atoms with van der Waals surface area (Å²) in [5, 5.41) is 9.09. The third kappa shape index (κ3) is 4.61. The number of hydrogen-bond donors (Lipinski definition) is 1. The zero-order valence-electron chi connectivity index (χ0n) is 10.9. The van der Waals surface area contributed by atoms with E-state index in [-0.39, 0.29) is 30.6 Å². The molecule has 0 bridgehead atoms. The molecule has 0 saturated carbocycles. The molecule has 5 nitrogen and oxygen atoms in total. The third-order valence-electron chi connectivity index (χ3n) is 2.86. The van der Waals surface area contributed by atoms with Crippen molar-refractivity contribution in [2.24, 2.45) is 5.92 Å². The first-order valence-electron chi connectivity index (χ1n) is 6.09. The van der Waals surface area contributed by atoms with E-state index in [4.69, 9.17) is 14.6 Å². The van der Waals surface area contributed by atoms with Gasteiger partial charge in [0.1, 0.15) is 0 Å². The van der Waals surface area contributed by atoms with E-state index in [1.165, 1.54) is 0 Å². The summed E-state index contributed by atoms with van der Waals surface area (Å²) >= 11 is 0. The Hall–Kier alpha value is -0.650. The summed E-state index contributed by atoms with van der Waals surface area (Å²) < 4.78 is 10.5. The van der Waals surface area contributed by atoms with E-state index in [2.05, 4.69) is 0 Å². The lowest BCUT2D eigenvalue weighted by Gasteiger charge is -2.36. The molecule has 3 atom stereocenters. The number of methoxy groups -OCH3 is 1. The zero-order chi connectivity index (χ0) is 12.8. The molecule has 17 heavy (non-hydrogen) atoms. The van der Waals surface area contributed by atoms with Crippen LogP contribution < -0.4 is 0 Å². The summed E-state index contributed by atoms with van der Waals surface area (Å²) in [6, 6.07) is 0. The second-order valence-corrected chi connectivity index (χ2v) is 4.81. The van der Waals surface area contributed by atoms with Crippen molar-refractivity contribution in [3.05, 3.63) is 0 Å². The third-order valence-corrected chi connectivity index (χ3v) is 2.86. The minimum Gasteiger partial charge on any atom is -0.394 e. The van der Waals surface area contributed by atoms with Crippen LogP contribution in [0.4, 0.5) is 0 Å². The molecule has 1 aliphatic rings. The molecule has 0 aromatic heterocycles. The zero-order valence-corrected chi connectivity index (χ0v) is 10.9. The van der Waals surface area contributed by atoms with Crippen molar-refractivity contribution in [1.82, 2.24) is 4.90 Å². The van der Waals surface area contributed by atoms with E-state index in [0.29, 0.717) is 26.1 Å². The van der Waals surface area contributed by atoms with Crippen LogP contribution >= 0.6 is 0 Å². The van der Waals surface area contributed by atoms with Gasteiger partial charge in [-0.15, -0.1) is 0 Å². The van der Waals surface area contributed by atoms with Crippen molar-refractivity contribution in [2.45, 2.75) is 32.5 Å². The molecule has 5 heteroatoms. The number of nitrogens with zero attached hydrogens (tertiary/aromatic N) is 1. The van der Waals surface area contributed by atoms with E-state index in [1.54, 1.807) is 12.0 Å². The Bertz CT molecular complexity index is 247. The number of aliphatic hydroxyl groups excluding tert-OH is 1. The summed E-state index contributed by atoms with van der Waals surface area (Å²) in [6.07, 6.45) is 0.224. The maximum absolute atomic E-state index is 12.0. The first kappa shape index (κ1) is 14.4. The van der Waals surface area contributed by atoms with Crippen LogP contribution in [0.3, 0.4) is 0 Å². The monoisotopic (exact) mass is 245 g/mol. The molecule has 1 amide bonds. The fourth-order valence-electron chi connectivity index (χ4n) is 2.12. The number of carbonyl (C=O) groups is 1. The van der Waals surface area contributed by atoms with Crippen LogP contribution in [0.25, 0.3) is 0 Å². The van der Waals surface area contributed by atoms with E-state index in [9.17, 15) is 4.79 Å². The Morgan fingerprint density at radius 1 is 1.59 bits per heavy atom. The Labute approximate surface area is 103 Å². The fraction of sp³-hybridized carbons (Fsp3) is 0.917. The van der Waals surface area contributed by atoms with Gasteiger partial charge in [0, 0.05) is 33.2 Å². The van der Waals surface area contributed by atoms with E-state index < -0.39 is 0 Å². The van der Waals surface area contributed by atoms with Gasteiger partial charge in [0.2, 0.25) is 5.91 Å². The standard InChI is InChI=1S/C12H23NO4/c1-9(8-16-3)4-12(15)13-5-10(2)17-11(6-13)7-14/h9-11,14H,4-8H2,1-3H3. The molecule has 0 radical (unpaired) electrons. The topological polar surface area (TPSA) is 59.0 Å². The van der Waals surface area contributed by atoms with Gasteiger partial charge in [0.15, 0.2) is 0 Å². The van der Waals surface area contributed by atoms with Crippen molar-refractivity contribution < 1.29 is 19.4 Å². The quantitative estimate of drug-likeness (QED) is 0.755. The molecule has 1 heterocycles. The fourth-order valence-corrected chi connectivity index (χ4v) is 2.12. The molecule has 1 aliphatic heterocycles. The largest absolute Gasteiger partial charge is 0.394 e. The van der Waals surface area contributed by atoms with Crippen LogP contribution in [-0.2, 0) is 14.3 Å². The number of ether oxygens (including phenoxy) is 2. The molecular formula is C12H23NO4. The van der Waals surface area contributed by atoms with Crippen molar-refractivity contribution in [1.29, 1.82) is 0 Å². The van der Waals surface area contributed by atoms with Crippen molar-refractivity contribution in [3.8, 4) is 0 Å². The first-order valence-corrected chi connectivity index (χ1v) is 6.09. The van der Waals surface area contributed by atoms with Crippen LogP contribution in [0.5, 0.6) is 0 Å². The highest BCUT2D eigenvalue weighted by atomic mass is 16.5. The Morgan fingerprint density at radius 3 is 2.88 bits per heavy atom. The van der Waals surface area contributed by atoms with Crippen molar-refractivity contribution in [2.75, 3.05) is 33.4 Å². The Balaban J connectivity index is 2.44. The van der Waals surface area contributed by atoms with Crippen LogP contribution in [-0.4, -0.2) is 61.5 Å². The van der Waals surface area contributed by atoms with Gasteiger partial charge in [-0.25, -0.2) is 0 Å². The predicted octanol–water partition coefficient (Wildman–Crippen LogP) is 0.267. The number of rotatable bonds is 5. The van der Waals surface area contributed by atoms with Crippen LogP contribution in [0.1, 0.15) is 20.3 Å². The molecule has 0 aliphatic carbocycles. The number of aliphatic hydroxyl groups is 1. The van der Waals surface area contributed by atoms with Gasteiger partial charge in [0.25, 0.3) is 0 Å². The van der Waals surface area contributed by atoms with E-state index in [1.807, 2.05) is 13.8 Å². The predicted molar refractivity (Wildman–Crippen MR) is 63.7 cm³/mol. The molecule has 0 spiro atoms. The van der Waals surface area contributed by atoms with Gasteiger partial charge in [0.05, 0.1) is 18.8 Å². The van der Waals surface area contributed by atoms with Gasteiger partial charge >= 0.3 is 0 Å². The lowest BCUT2D eigenvalue weighted by Crippen LogP contribution is -2.50. The molecule has 0 aromatic rings. The molecule has 3 unspecified atom stereocenters. The number of hydrogen-bond acceptors (Lipinski definition) is 4. The Morgan fingerprint density at radius 2 is 2.29 bits per heavy atom. The van der Waals surface area contributed by atoms with Gasteiger partial charge in [-0.2, -0.15) is 0 Å². The molecule has 0 aromatic carbocycles. The Kier molecular flexibility index (Phi) is 5.88. The maximum Gasteiger partial charge on any atom is 0.223 e. The average Bonchev–Trinajstić information content (AvgIpc) is 2.28. The lowest BCUT2D eigenvalue weighted by atomic mass is 10.1. The average molecular weight is 245 g/mol. The van der Waals surface area contributed by atoms with Gasteiger partial charge in [-0.1, -0.05) is 6.92 Å². The van der Waals surface area contributed by atoms with Gasteiger partial charge < -0.3 is 19.5 Å². The highest BCUT2D eigenvalue weighted by molar-refractivity contribution is 5.76. The van der Waals surface area contributed by atoms with Crippen molar-refractivity contribution >= 4 is 5.91 Å². The molecule has 1 N–H and O–H groups in total. The van der Waals surface area contributed by atoms with E-state index in [0.717, 1.165) is 0 Å². The number of carbonyl (C=O) groups excluding carboxylic acids is 1. The van der Waals surface area contributed by atoms with E-state index >= 15 is 0 Å². The molecule has 1 rings (SSSR count). The smallest absolute Gasteiger partial charge is 0.223 e. The van der Waals surface area contributed by atoms with Gasteiger partial charge in [-0.3, -0.25) is 4.79 Å². The highest BCUT2D eigenvalue weighted by Gasteiger charge is 2.28. The second kappa shape index (κ2) is 6.93. The first-order chi connectivity index (χ1) is 8.06. The normalized spacial score (nSPS) is 26.9. The summed E-state index contributed by atoms with van der Waals surface area (Å²) in [5.41, 5.74) is 0. The SMILES string of the molecule is COCC(C)CC(=O)N1CC(C)OC(CO)C1.